The highest BCUT2D eigenvalue weighted by Gasteiger charge is 2.26. The monoisotopic (exact) mass is 375 g/mol. The SMILES string of the molecule is CC(C)(C)n1nc([C@H]2C[CH]CO2)cc1Nc1nccn2nc(C(F)F)cc12. The average Bonchev–Trinajstić information content (AvgIpc) is 3.33. The quantitative estimate of drug-likeness (QED) is 0.746. The summed E-state index contributed by atoms with van der Waals surface area (Å²) >= 11 is 0. The number of hydrogen-bond acceptors (Lipinski definition) is 5. The second kappa shape index (κ2) is 6.56. The van der Waals surface area contributed by atoms with E-state index in [0.29, 0.717) is 23.8 Å². The van der Waals surface area contributed by atoms with E-state index in [9.17, 15) is 8.78 Å². The van der Waals surface area contributed by atoms with Crippen molar-refractivity contribution in [1.29, 1.82) is 0 Å². The molecule has 0 bridgehead atoms. The van der Waals surface area contributed by atoms with Gasteiger partial charge in [-0.3, -0.25) is 0 Å². The van der Waals surface area contributed by atoms with Crippen molar-refractivity contribution in [2.24, 2.45) is 0 Å². The van der Waals surface area contributed by atoms with E-state index in [0.717, 1.165) is 12.1 Å². The Morgan fingerprint density at radius 1 is 1.26 bits per heavy atom. The summed E-state index contributed by atoms with van der Waals surface area (Å²) in [5.74, 6) is 1.15. The molecule has 0 spiro atoms. The van der Waals surface area contributed by atoms with Crippen molar-refractivity contribution in [3.8, 4) is 0 Å². The van der Waals surface area contributed by atoms with Crippen molar-refractivity contribution in [2.45, 2.75) is 45.3 Å². The number of fused-ring (bicyclic) bond motifs is 1. The van der Waals surface area contributed by atoms with Gasteiger partial charge in [0.1, 0.15) is 23.1 Å². The van der Waals surface area contributed by atoms with E-state index in [2.05, 4.69) is 21.8 Å². The smallest absolute Gasteiger partial charge is 0.282 e. The van der Waals surface area contributed by atoms with Crippen molar-refractivity contribution in [3.05, 3.63) is 42.3 Å². The second-order valence-corrected chi connectivity index (χ2v) is 7.48. The molecule has 0 saturated carbocycles. The Labute approximate surface area is 155 Å². The summed E-state index contributed by atoms with van der Waals surface area (Å²) in [6.07, 6.45) is 3.24. The number of rotatable bonds is 4. The number of aromatic nitrogens is 5. The van der Waals surface area contributed by atoms with Crippen LogP contribution >= 0.6 is 0 Å². The van der Waals surface area contributed by atoms with Crippen LogP contribution in [-0.2, 0) is 10.3 Å². The number of anilines is 2. The summed E-state index contributed by atoms with van der Waals surface area (Å²) in [5.41, 5.74) is 0.727. The van der Waals surface area contributed by atoms with Gasteiger partial charge in [-0.2, -0.15) is 10.2 Å². The summed E-state index contributed by atoms with van der Waals surface area (Å²) in [4.78, 5) is 4.31. The lowest BCUT2D eigenvalue weighted by molar-refractivity contribution is 0.110. The molecule has 1 atom stereocenters. The molecule has 1 radical (unpaired) electrons. The van der Waals surface area contributed by atoms with Crippen molar-refractivity contribution in [3.63, 3.8) is 0 Å². The lowest BCUT2D eigenvalue weighted by atomic mass is 10.1. The number of nitrogens with one attached hydrogen (secondary N) is 1. The molecule has 4 rings (SSSR count). The van der Waals surface area contributed by atoms with E-state index < -0.39 is 6.43 Å². The van der Waals surface area contributed by atoms with Gasteiger partial charge in [-0.15, -0.1) is 0 Å². The Morgan fingerprint density at radius 3 is 2.74 bits per heavy atom. The van der Waals surface area contributed by atoms with Crippen molar-refractivity contribution < 1.29 is 13.5 Å². The Balaban J connectivity index is 1.74. The minimum atomic E-state index is -2.64. The van der Waals surface area contributed by atoms with Gasteiger partial charge >= 0.3 is 0 Å². The van der Waals surface area contributed by atoms with Crippen LogP contribution in [0.1, 0.15) is 51.1 Å². The standard InChI is InChI=1S/C18H21F2N6O/c1-18(2,3)26-15(10-11(24-26)14-5-4-8-27-14)22-17-13-9-12(16(19)20)23-25(13)7-6-21-17/h4,6-7,9-10,14,16H,5,8H2,1-3H3,(H,21,22)/t14-/m1/s1. The maximum Gasteiger partial charge on any atom is 0.282 e. The van der Waals surface area contributed by atoms with Gasteiger partial charge in [-0.25, -0.2) is 23.0 Å². The lowest BCUT2D eigenvalue weighted by Crippen LogP contribution is -2.25. The minimum Gasteiger partial charge on any atom is -0.372 e. The topological polar surface area (TPSA) is 69.3 Å². The van der Waals surface area contributed by atoms with E-state index in [1.165, 1.54) is 16.8 Å². The number of nitrogens with zero attached hydrogens (tertiary/aromatic N) is 5. The van der Waals surface area contributed by atoms with E-state index in [4.69, 9.17) is 9.84 Å². The number of ether oxygens (including phenoxy) is 1. The molecule has 1 N–H and O–H groups in total. The third kappa shape index (κ3) is 3.39. The highest BCUT2D eigenvalue weighted by Crippen LogP contribution is 2.33. The molecule has 1 saturated heterocycles. The highest BCUT2D eigenvalue weighted by atomic mass is 19.3. The Hall–Kier alpha value is -2.55. The van der Waals surface area contributed by atoms with Crippen LogP contribution in [0.4, 0.5) is 20.4 Å². The molecule has 3 aromatic heterocycles. The van der Waals surface area contributed by atoms with Gasteiger partial charge in [0, 0.05) is 18.5 Å². The van der Waals surface area contributed by atoms with Crippen LogP contribution in [0, 0.1) is 6.42 Å². The number of halogens is 2. The molecule has 4 heterocycles. The van der Waals surface area contributed by atoms with Gasteiger partial charge in [0.2, 0.25) is 0 Å². The van der Waals surface area contributed by atoms with E-state index >= 15 is 0 Å². The molecular weight excluding hydrogens is 354 g/mol. The summed E-state index contributed by atoms with van der Waals surface area (Å²) in [5, 5.41) is 11.8. The van der Waals surface area contributed by atoms with Crippen molar-refractivity contribution >= 4 is 17.2 Å². The highest BCUT2D eigenvalue weighted by molar-refractivity contribution is 5.72. The fourth-order valence-electron chi connectivity index (χ4n) is 3.10. The van der Waals surface area contributed by atoms with Crippen LogP contribution in [0.25, 0.3) is 5.52 Å². The predicted molar refractivity (Wildman–Crippen MR) is 96.1 cm³/mol. The van der Waals surface area contributed by atoms with Crippen LogP contribution in [0.3, 0.4) is 0 Å². The van der Waals surface area contributed by atoms with E-state index in [-0.39, 0.29) is 17.3 Å². The summed E-state index contributed by atoms with van der Waals surface area (Å²) in [6.45, 7) is 6.73. The Kier molecular flexibility index (Phi) is 4.33. The third-order valence-electron chi connectivity index (χ3n) is 4.37. The molecule has 1 aliphatic heterocycles. The molecule has 1 fully saturated rings. The van der Waals surface area contributed by atoms with Gasteiger partial charge in [0.05, 0.1) is 17.8 Å². The zero-order valence-corrected chi connectivity index (χ0v) is 15.4. The minimum absolute atomic E-state index is 0.0710. The van der Waals surface area contributed by atoms with E-state index in [1.54, 1.807) is 6.20 Å². The van der Waals surface area contributed by atoms with Gasteiger partial charge in [0.15, 0.2) is 5.82 Å². The van der Waals surface area contributed by atoms with Crippen molar-refractivity contribution in [2.75, 3.05) is 11.9 Å². The average molecular weight is 375 g/mol. The summed E-state index contributed by atoms with van der Waals surface area (Å²) in [7, 11) is 0. The van der Waals surface area contributed by atoms with E-state index in [1.807, 2.05) is 31.5 Å². The van der Waals surface area contributed by atoms with Gasteiger partial charge in [-0.1, -0.05) is 0 Å². The number of hydrogen-bond donors (Lipinski definition) is 1. The van der Waals surface area contributed by atoms with Crippen LogP contribution in [-0.4, -0.2) is 31.0 Å². The first-order valence-electron chi connectivity index (χ1n) is 8.76. The van der Waals surface area contributed by atoms with Gasteiger partial charge < -0.3 is 10.1 Å². The first-order chi connectivity index (χ1) is 12.8. The molecule has 1 aliphatic rings. The maximum atomic E-state index is 13.0. The van der Waals surface area contributed by atoms with Crippen LogP contribution in [0.5, 0.6) is 0 Å². The molecule has 0 amide bonds. The molecule has 143 valence electrons. The molecule has 7 nitrogen and oxygen atoms in total. The molecular formula is C18H21F2N6O. The lowest BCUT2D eigenvalue weighted by Gasteiger charge is -2.22. The predicted octanol–water partition coefficient (Wildman–Crippen LogP) is 4.03. The first kappa shape index (κ1) is 17.8. The normalized spacial score (nSPS) is 17.9. The van der Waals surface area contributed by atoms with Crippen LogP contribution in [0.2, 0.25) is 0 Å². The summed E-state index contributed by atoms with van der Waals surface area (Å²) in [6, 6.07) is 3.26. The molecule has 3 aromatic rings. The Bertz CT molecular complexity index is 953. The zero-order valence-electron chi connectivity index (χ0n) is 15.4. The molecule has 9 heteroatoms. The van der Waals surface area contributed by atoms with Crippen LogP contribution < -0.4 is 5.32 Å². The van der Waals surface area contributed by atoms with Gasteiger partial charge in [0.25, 0.3) is 6.43 Å². The Morgan fingerprint density at radius 2 is 2.07 bits per heavy atom. The second-order valence-electron chi connectivity index (χ2n) is 7.48. The molecule has 27 heavy (non-hydrogen) atoms. The fourth-order valence-corrected chi connectivity index (χ4v) is 3.10. The van der Waals surface area contributed by atoms with Crippen LogP contribution in [0.15, 0.2) is 24.5 Å². The molecule has 0 aliphatic carbocycles. The molecule has 0 aromatic carbocycles. The van der Waals surface area contributed by atoms with Crippen molar-refractivity contribution in [1.82, 2.24) is 24.4 Å². The maximum absolute atomic E-state index is 13.0. The fraction of sp³-hybridized carbons (Fsp3) is 0.444. The first-order valence-corrected chi connectivity index (χ1v) is 8.76. The van der Waals surface area contributed by atoms with Gasteiger partial charge in [-0.05, 0) is 39.7 Å². The molecule has 0 unspecified atom stereocenters. The number of alkyl halides is 2. The largest absolute Gasteiger partial charge is 0.372 e. The summed E-state index contributed by atoms with van der Waals surface area (Å²) < 4.78 is 35.0. The third-order valence-corrected chi connectivity index (χ3v) is 4.37. The zero-order chi connectivity index (χ0) is 19.2.